The average molecular weight is 543 g/mol. The van der Waals surface area contributed by atoms with Crippen molar-refractivity contribution in [2.24, 2.45) is 4.99 Å². The fourth-order valence-electron chi connectivity index (χ4n) is 4.55. The molecular formula is C31H27ClN2O3S. The van der Waals surface area contributed by atoms with E-state index < -0.39 is 5.97 Å². The van der Waals surface area contributed by atoms with Crippen molar-refractivity contribution in [2.45, 2.75) is 26.8 Å². The first-order valence-corrected chi connectivity index (χ1v) is 13.7. The van der Waals surface area contributed by atoms with Gasteiger partial charge in [0.15, 0.2) is 0 Å². The number of nitrogens with zero attached hydrogens (tertiary/aromatic N) is 2. The highest BCUT2D eigenvalue weighted by Gasteiger charge is 2.33. The predicted octanol–water partition coefficient (Wildman–Crippen LogP) is 8.10. The monoisotopic (exact) mass is 542 g/mol. The lowest BCUT2D eigenvalue weighted by Crippen LogP contribution is -2.12. The molecule has 0 saturated carbocycles. The molecule has 4 aromatic rings. The number of hydrogen-bond donors (Lipinski definition) is 1. The van der Waals surface area contributed by atoms with Crippen molar-refractivity contribution in [3.63, 3.8) is 0 Å². The number of esters is 1. The zero-order valence-corrected chi connectivity index (χ0v) is 22.7. The van der Waals surface area contributed by atoms with Gasteiger partial charge >= 0.3 is 5.97 Å². The number of halogens is 1. The number of aliphatic imine (C=N–C) groups is 1. The smallest absolute Gasteiger partial charge is 0.344 e. The van der Waals surface area contributed by atoms with Gasteiger partial charge in [0.2, 0.25) is 0 Å². The van der Waals surface area contributed by atoms with E-state index in [1.807, 2.05) is 66.7 Å². The number of aryl methyl sites for hydroxylation is 1. The summed E-state index contributed by atoms with van der Waals surface area (Å²) < 4.78 is 7.45. The van der Waals surface area contributed by atoms with Crippen molar-refractivity contribution < 1.29 is 14.6 Å². The minimum atomic E-state index is -0.593. The molecule has 38 heavy (non-hydrogen) atoms. The van der Waals surface area contributed by atoms with E-state index >= 15 is 0 Å². The van der Waals surface area contributed by atoms with Gasteiger partial charge in [-0.15, -0.1) is 0 Å². The minimum absolute atomic E-state index is 0.0843. The molecule has 0 radical (unpaired) electrons. The Labute approximate surface area is 231 Å². The maximum absolute atomic E-state index is 12.8. The van der Waals surface area contributed by atoms with Crippen LogP contribution in [0.15, 0.2) is 100 Å². The van der Waals surface area contributed by atoms with Crippen LogP contribution in [0.3, 0.4) is 0 Å². The molecule has 1 aliphatic heterocycles. The number of aromatic nitrogens is 1. The van der Waals surface area contributed by atoms with Crippen LogP contribution in [-0.2, 0) is 22.5 Å². The lowest BCUT2D eigenvalue weighted by molar-refractivity contribution is -0.138. The van der Waals surface area contributed by atoms with E-state index in [4.69, 9.17) is 16.3 Å². The third kappa shape index (κ3) is 5.15. The highest BCUT2D eigenvalue weighted by Crippen LogP contribution is 2.41. The van der Waals surface area contributed by atoms with Gasteiger partial charge in [-0.1, -0.05) is 84.9 Å². The molecule has 0 fully saturated rings. The molecule has 0 atom stereocenters. The van der Waals surface area contributed by atoms with Gasteiger partial charge in [0.05, 0.1) is 22.7 Å². The van der Waals surface area contributed by atoms with E-state index in [1.54, 1.807) is 6.92 Å². The van der Waals surface area contributed by atoms with Gasteiger partial charge in [0, 0.05) is 28.7 Å². The standard InChI is InChI=1S/C31H27ClN2O3S/c1-3-20-12-10-15-24-22(19-34(28(20)24)18-21-11-8-9-16-25(21)32)17-26-29(35)27(31(36)37-4-2)30(38-26)33-23-13-6-5-7-14-23/h5-17,19,35H,3-4,18H2,1-2H3/b26-17-,33-30?. The number of rotatable bonds is 7. The van der Waals surface area contributed by atoms with E-state index in [0.717, 1.165) is 33.5 Å². The molecule has 0 bridgehead atoms. The van der Waals surface area contributed by atoms with Gasteiger partial charge in [-0.2, -0.15) is 0 Å². The number of aliphatic hydroxyl groups is 1. The summed E-state index contributed by atoms with van der Waals surface area (Å²) in [4.78, 5) is 18.0. The second-order valence-electron chi connectivity index (χ2n) is 8.78. The van der Waals surface area contributed by atoms with Gasteiger partial charge in [-0.05, 0) is 48.7 Å². The summed E-state index contributed by atoms with van der Waals surface area (Å²) in [5.41, 5.74) is 5.07. The molecule has 2 heterocycles. The molecule has 0 aliphatic carbocycles. The van der Waals surface area contributed by atoms with Crippen molar-refractivity contribution >= 4 is 57.0 Å². The summed E-state index contributed by atoms with van der Waals surface area (Å²) in [7, 11) is 0. The molecule has 1 N–H and O–H groups in total. The van der Waals surface area contributed by atoms with Crippen LogP contribution < -0.4 is 0 Å². The second-order valence-corrected chi connectivity index (χ2v) is 10.2. The fraction of sp³-hybridized carbons (Fsp3) is 0.161. The van der Waals surface area contributed by atoms with Crippen molar-refractivity contribution in [3.05, 3.63) is 117 Å². The molecule has 192 valence electrons. The largest absolute Gasteiger partial charge is 0.506 e. The van der Waals surface area contributed by atoms with Crippen molar-refractivity contribution in [3.8, 4) is 0 Å². The maximum atomic E-state index is 12.8. The normalized spacial score (nSPS) is 15.7. The van der Waals surface area contributed by atoms with Gasteiger partial charge in [0.1, 0.15) is 16.4 Å². The molecule has 1 aromatic heterocycles. The Kier molecular flexibility index (Phi) is 7.72. The average Bonchev–Trinajstić information content (AvgIpc) is 3.42. The van der Waals surface area contributed by atoms with Crippen LogP contribution in [0, 0.1) is 0 Å². The Morgan fingerprint density at radius 2 is 1.76 bits per heavy atom. The van der Waals surface area contributed by atoms with Crippen LogP contribution in [0.1, 0.15) is 30.5 Å². The quantitative estimate of drug-likeness (QED) is 0.240. The number of ether oxygens (including phenoxy) is 1. The topological polar surface area (TPSA) is 63.8 Å². The van der Waals surface area contributed by atoms with Gasteiger partial charge in [0.25, 0.3) is 0 Å². The van der Waals surface area contributed by atoms with E-state index in [-0.39, 0.29) is 17.9 Å². The van der Waals surface area contributed by atoms with Crippen LogP contribution in [-0.4, -0.2) is 27.3 Å². The number of thioether (sulfide) groups is 1. The third-order valence-corrected chi connectivity index (χ3v) is 7.72. The molecule has 5 rings (SSSR count). The molecule has 0 amide bonds. The minimum Gasteiger partial charge on any atom is -0.506 e. The molecule has 3 aromatic carbocycles. The summed E-state index contributed by atoms with van der Waals surface area (Å²) in [6, 6.07) is 23.5. The Bertz CT molecular complexity index is 1600. The lowest BCUT2D eigenvalue weighted by Gasteiger charge is -2.10. The first-order valence-electron chi connectivity index (χ1n) is 12.5. The maximum Gasteiger partial charge on any atom is 0.344 e. The highest BCUT2D eigenvalue weighted by molar-refractivity contribution is 8.18. The summed E-state index contributed by atoms with van der Waals surface area (Å²) in [5, 5.41) is 13.4. The van der Waals surface area contributed by atoms with E-state index in [9.17, 15) is 9.90 Å². The Hall–Kier alpha value is -3.74. The molecule has 0 spiro atoms. The van der Waals surface area contributed by atoms with Crippen LogP contribution >= 0.6 is 23.4 Å². The summed E-state index contributed by atoms with van der Waals surface area (Å²) in [6.07, 6.45) is 4.86. The number of aliphatic hydroxyl groups excluding tert-OH is 1. The van der Waals surface area contributed by atoms with Crippen LogP contribution in [0.2, 0.25) is 5.02 Å². The third-order valence-electron chi connectivity index (χ3n) is 6.34. The molecule has 7 heteroatoms. The zero-order valence-electron chi connectivity index (χ0n) is 21.1. The van der Waals surface area contributed by atoms with Crippen molar-refractivity contribution in [2.75, 3.05) is 6.61 Å². The number of benzene rings is 3. The summed E-state index contributed by atoms with van der Waals surface area (Å²) in [5.74, 6) is -0.716. The Morgan fingerprint density at radius 1 is 1.03 bits per heavy atom. The number of carbonyl (C=O) groups is 1. The Morgan fingerprint density at radius 3 is 2.50 bits per heavy atom. The first-order chi connectivity index (χ1) is 18.5. The molecule has 0 unspecified atom stereocenters. The highest BCUT2D eigenvalue weighted by atomic mass is 35.5. The number of fused-ring (bicyclic) bond motifs is 1. The SMILES string of the molecule is CCOC(=O)C1=C(O)/C(=C/c2cn(Cc3ccccc3Cl)c3c(CC)cccc23)SC1=Nc1ccccc1. The number of carbonyl (C=O) groups excluding carboxylic acids is 1. The van der Waals surface area contributed by atoms with E-state index in [0.29, 0.717) is 22.2 Å². The van der Waals surface area contributed by atoms with Crippen molar-refractivity contribution in [1.82, 2.24) is 4.57 Å². The predicted molar refractivity (Wildman–Crippen MR) is 157 cm³/mol. The van der Waals surface area contributed by atoms with Gasteiger partial charge in [-0.3, -0.25) is 0 Å². The van der Waals surface area contributed by atoms with Crippen LogP contribution in [0.25, 0.3) is 17.0 Å². The van der Waals surface area contributed by atoms with Crippen molar-refractivity contribution in [1.29, 1.82) is 0 Å². The molecular weight excluding hydrogens is 516 g/mol. The summed E-state index contributed by atoms with van der Waals surface area (Å²) >= 11 is 7.75. The fourth-order valence-corrected chi connectivity index (χ4v) is 5.77. The van der Waals surface area contributed by atoms with Gasteiger partial charge < -0.3 is 14.4 Å². The molecule has 5 nitrogen and oxygen atoms in total. The second kappa shape index (κ2) is 11.3. The summed E-state index contributed by atoms with van der Waals surface area (Å²) in [6.45, 7) is 4.69. The number of para-hydroxylation sites is 2. The molecule has 1 aliphatic rings. The Balaban J connectivity index is 1.63. The molecule has 0 saturated heterocycles. The zero-order chi connectivity index (χ0) is 26.6. The lowest BCUT2D eigenvalue weighted by atomic mass is 10.1. The van der Waals surface area contributed by atoms with Crippen LogP contribution in [0.4, 0.5) is 5.69 Å². The van der Waals surface area contributed by atoms with Gasteiger partial charge in [-0.25, -0.2) is 9.79 Å². The van der Waals surface area contributed by atoms with Crippen LogP contribution in [0.5, 0.6) is 0 Å². The van der Waals surface area contributed by atoms with E-state index in [1.165, 1.54) is 17.3 Å². The van der Waals surface area contributed by atoms with E-state index in [2.05, 4.69) is 34.8 Å². The first kappa shape index (κ1) is 25.9. The number of hydrogen-bond acceptors (Lipinski definition) is 5.